The van der Waals surface area contributed by atoms with Gasteiger partial charge >= 0.3 is 0 Å². The van der Waals surface area contributed by atoms with E-state index in [0.717, 1.165) is 34.4 Å². The minimum absolute atomic E-state index is 0.0542. The first-order valence-corrected chi connectivity index (χ1v) is 7.42. The summed E-state index contributed by atoms with van der Waals surface area (Å²) < 4.78 is 0.963. The number of carbonyl (C=O) groups is 1. The molecule has 0 saturated heterocycles. The monoisotopic (exact) mass is 309 g/mol. The summed E-state index contributed by atoms with van der Waals surface area (Å²) >= 11 is 3.44. The van der Waals surface area contributed by atoms with Crippen LogP contribution in [0.2, 0.25) is 0 Å². The van der Waals surface area contributed by atoms with Gasteiger partial charge in [-0.1, -0.05) is 35.7 Å². The summed E-state index contributed by atoms with van der Waals surface area (Å²) in [5.41, 5.74) is 1.85. The van der Waals surface area contributed by atoms with Gasteiger partial charge in [0, 0.05) is 16.1 Å². The van der Waals surface area contributed by atoms with E-state index >= 15 is 0 Å². The second-order valence-corrected chi connectivity index (χ2v) is 6.38. The SMILES string of the molecule is Cc1cc(Br)cc(C(=O)NC2CCCC(C)C2)c1. The molecule has 3 heteroatoms. The molecule has 1 aliphatic rings. The van der Waals surface area contributed by atoms with E-state index in [0.29, 0.717) is 6.04 Å². The fraction of sp³-hybridized carbons (Fsp3) is 0.533. The quantitative estimate of drug-likeness (QED) is 0.876. The number of aryl methyl sites for hydroxylation is 1. The van der Waals surface area contributed by atoms with Crippen LogP contribution in [-0.4, -0.2) is 11.9 Å². The van der Waals surface area contributed by atoms with Gasteiger partial charge in [0.2, 0.25) is 0 Å². The Labute approximate surface area is 117 Å². The molecule has 0 radical (unpaired) electrons. The molecule has 2 atom stereocenters. The number of benzene rings is 1. The third-order valence-electron chi connectivity index (χ3n) is 3.58. The zero-order chi connectivity index (χ0) is 13.1. The number of halogens is 1. The maximum atomic E-state index is 12.2. The molecule has 2 nitrogen and oxygen atoms in total. The van der Waals surface area contributed by atoms with Crippen molar-refractivity contribution in [1.82, 2.24) is 5.32 Å². The fourth-order valence-corrected chi connectivity index (χ4v) is 3.31. The molecule has 98 valence electrons. The van der Waals surface area contributed by atoms with Crippen molar-refractivity contribution in [1.29, 1.82) is 0 Å². The van der Waals surface area contributed by atoms with E-state index in [1.54, 1.807) is 0 Å². The molecular weight excluding hydrogens is 290 g/mol. The Hall–Kier alpha value is -0.830. The van der Waals surface area contributed by atoms with Crippen molar-refractivity contribution in [3.8, 4) is 0 Å². The Balaban J connectivity index is 2.02. The van der Waals surface area contributed by atoms with Gasteiger partial charge in [0.05, 0.1) is 0 Å². The molecule has 2 rings (SSSR count). The van der Waals surface area contributed by atoms with E-state index in [1.807, 2.05) is 25.1 Å². The van der Waals surface area contributed by atoms with Crippen molar-refractivity contribution in [2.75, 3.05) is 0 Å². The average Bonchev–Trinajstić information content (AvgIpc) is 2.27. The van der Waals surface area contributed by atoms with Gasteiger partial charge < -0.3 is 5.32 Å². The van der Waals surface area contributed by atoms with Crippen molar-refractivity contribution in [3.05, 3.63) is 33.8 Å². The summed E-state index contributed by atoms with van der Waals surface area (Å²) in [5.74, 6) is 0.784. The van der Waals surface area contributed by atoms with Crippen LogP contribution >= 0.6 is 15.9 Å². The number of hydrogen-bond acceptors (Lipinski definition) is 1. The smallest absolute Gasteiger partial charge is 0.251 e. The standard InChI is InChI=1S/C15H20BrNO/c1-10-4-3-5-14(8-10)17-15(18)12-6-11(2)7-13(16)9-12/h6-7,9-10,14H,3-5,8H2,1-2H3,(H,17,18). The first-order valence-electron chi connectivity index (χ1n) is 6.62. The lowest BCUT2D eigenvalue weighted by molar-refractivity contribution is 0.0921. The molecule has 1 N–H and O–H groups in total. The molecule has 1 aliphatic carbocycles. The Morgan fingerprint density at radius 2 is 2.11 bits per heavy atom. The molecule has 2 unspecified atom stereocenters. The zero-order valence-electron chi connectivity index (χ0n) is 11.0. The maximum Gasteiger partial charge on any atom is 0.251 e. The highest BCUT2D eigenvalue weighted by molar-refractivity contribution is 9.10. The highest BCUT2D eigenvalue weighted by Crippen LogP contribution is 2.24. The summed E-state index contributed by atoms with van der Waals surface area (Å²) in [6, 6.07) is 6.18. The molecule has 1 aromatic carbocycles. The van der Waals surface area contributed by atoms with E-state index in [9.17, 15) is 4.79 Å². The summed E-state index contributed by atoms with van der Waals surface area (Å²) in [6.07, 6.45) is 4.74. The normalized spacial score (nSPS) is 23.7. The fourth-order valence-electron chi connectivity index (χ4n) is 2.70. The van der Waals surface area contributed by atoms with E-state index in [2.05, 4.69) is 28.2 Å². The van der Waals surface area contributed by atoms with Gasteiger partial charge in [0.15, 0.2) is 0 Å². The number of carbonyl (C=O) groups excluding carboxylic acids is 1. The minimum atomic E-state index is 0.0542. The van der Waals surface area contributed by atoms with Crippen LogP contribution < -0.4 is 5.32 Å². The molecule has 1 saturated carbocycles. The van der Waals surface area contributed by atoms with Crippen LogP contribution in [-0.2, 0) is 0 Å². The van der Waals surface area contributed by atoms with Crippen molar-refractivity contribution >= 4 is 21.8 Å². The van der Waals surface area contributed by atoms with Crippen LogP contribution in [0, 0.1) is 12.8 Å². The second-order valence-electron chi connectivity index (χ2n) is 5.46. The van der Waals surface area contributed by atoms with Crippen LogP contribution in [0.4, 0.5) is 0 Å². The van der Waals surface area contributed by atoms with E-state index in [1.165, 1.54) is 12.8 Å². The van der Waals surface area contributed by atoms with Crippen molar-refractivity contribution in [2.24, 2.45) is 5.92 Å². The van der Waals surface area contributed by atoms with Crippen molar-refractivity contribution in [3.63, 3.8) is 0 Å². The van der Waals surface area contributed by atoms with E-state index < -0.39 is 0 Å². The number of hydrogen-bond donors (Lipinski definition) is 1. The Kier molecular flexibility index (Phi) is 4.44. The lowest BCUT2D eigenvalue weighted by atomic mass is 9.87. The minimum Gasteiger partial charge on any atom is -0.349 e. The molecular formula is C15H20BrNO. The highest BCUT2D eigenvalue weighted by Gasteiger charge is 2.20. The Morgan fingerprint density at radius 1 is 1.33 bits per heavy atom. The second kappa shape index (κ2) is 5.87. The number of rotatable bonds is 2. The average molecular weight is 310 g/mol. The van der Waals surface area contributed by atoms with Gasteiger partial charge in [-0.25, -0.2) is 0 Å². The van der Waals surface area contributed by atoms with Gasteiger partial charge in [0.25, 0.3) is 5.91 Å². The largest absolute Gasteiger partial charge is 0.349 e. The first-order chi connectivity index (χ1) is 8.54. The summed E-state index contributed by atoms with van der Waals surface area (Å²) in [4.78, 5) is 12.2. The van der Waals surface area contributed by atoms with Crippen LogP contribution in [0.15, 0.2) is 22.7 Å². The summed E-state index contributed by atoms with van der Waals surface area (Å²) in [5, 5.41) is 3.16. The van der Waals surface area contributed by atoms with Crippen molar-refractivity contribution in [2.45, 2.75) is 45.6 Å². The molecule has 1 amide bonds. The first kappa shape index (κ1) is 13.6. The third kappa shape index (κ3) is 3.58. The lowest BCUT2D eigenvalue weighted by Crippen LogP contribution is -2.38. The topological polar surface area (TPSA) is 29.1 Å². The summed E-state index contributed by atoms with van der Waals surface area (Å²) in [6.45, 7) is 4.27. The number of nitrogens with one attached hydrogen (secondary N) is 1. The van der Waals surface area contributed by atoms with Gasteiger partial charge in [0.1, 0.15) is 0 Å². The predicted molar refractivity (Wildman–Crippen MR) is 77.8 cm³/mol. The molecule has 18 heavy (non-hydrogen) atoms. The molecule has 1 aromatic rings. The Bertz CT molecular complexity index is 424. The molecule has 0 aromatic heterocycles. The Morgan fingerprint density at radius 3 is 2.78 bits per heavy atom. The predicted octanol–water partition coefficient (Wildman–Crippen LogP) is 4.07. The van der Waals surface area contributed by atoms with E-state index in [-0.39, 0.29) is 5.91 Å². The third-order valence-corrected chi connectivity index (χ3v) is 4.03. The maximum absolute atomic E-state index is 12.2. The van der Waals surface area contributed by atoms with Gasteiger partial charge in [-0.3, -0.25) is 4.79 Å². The zero-order valence-corrected chi connectivity index (χ0v) is 12.6. The van der Waals surface area contributed by atoms with Crippen LogP contribution in [0.5, 0.6) is 0 Å². The molecule has 0 spiro atoms. The van der Waals surface area contributed by atoms with Crippen LogP contribution in [0.3, 0.4) is 0 Å². The highest BCUT2D eigenvalue weighted by atomic mass is 79.9. The lowest BCUT2D eigenvalue weighted by Gasteiger charge is -2.27. The number of amides is 1. The van der Waals surface area contributed by atoms with Gasteiger partial charge in [-0.2, -0.15) is 0 Å². The molecule has 0 heterocycles. The van der Waals surface area contributed by atoms with Crippen LogP contribution in [0.1, 0.15) is 48.5 Å². The van der Waals surface area contributed by atoms with Crippen molar-refractivity contribution < 1.29 is 4.79 Å². The molecule has 0 bridgehead atoms. The van der Waals surface area contributed by atoms with E-state index in [4.69, 9.17) is 0 Å². The van der Waals surface area contributed by atoms with Crippen LogP contribution in [0.25, 0.3) is 0 Å². The molecule has 1 fully saturated rings. The summed E-state index contributed by atoms with van der Waals surface area (Å²) in [7, 11) is 0. The van der Waals surface area contributed by atoms with Gasteiger partial charge in [-0.15, -0.1) is 0 Å². The van der Waals surface area contributed by atoms with Gasteiger partial charge in [-0.05, 0) is 49.4 Å². The molecule has 0 aliphatic heterocycles.